The number of carbonyl (C=O) groups is 2. The van der Waals surface area contributed by atoms with Crippen LogP contribution in [0, 0.1) is 11.3 Å². The summed E-state index contributed by atoms with van der Waals surface area (Å²) in [6.07, 6.45) is 1.32. The zero-order valence-corrected chi connectivity index (χ0v) is 13.6. The van der Waals surface area contributed by atoms with Crippen molar-refractivity contribution < 1.29 is 14.3 Å². The number of benzene rings is 1. The van der Waals surface area contributed by atoms with Crippen molar-refractivity contribution in [1.82, 2.24) is 5.32 Å². The fourth-order valence-corrected chi connectivity index (χ4v) is 2.96. The first-order chi connectivity index (χ1) is 10.3. The summed E-state index contributed by atoms with van der Waals surface area (Å²) in [6, 6.07) is 7.43. The molecule has 120 valence electrons. The van der Waals surface area contributed by atoms with Crippen molar-refractivity contribution in [3.05, 3.63) is 24.3 Å². The molecule has 22 heavy (non-hydrogen) atoms. The Bertz CT molecular complexity index is 552. The van der Waals surface area contributed by atoms with Crippen LogP contribution >= 0.6 is 0 Å². The maximum absolute atomic E-state index is 12.2. The molecule has 1 aliphatic carbocycles. The van der Waals surface area contributed by atoms with Gasteiger partial charge < -0.3 is 15.4 Å². The molecule has 1 saturated carbocycles. The van der Waals surface area contributed by atoms with Crippen LogP contribution in [0.5, 0.6) is 5.75 Å². The van der Waals surface area contributed by atoms with Gasteiger partial charge in [0.25, 0.3) is 0 Å². The van der Waals surface area contributed by atoms with Crippen LogP contribution in [-0.4, -0.2) is 25.0 Å². The van der Waals surface area contributed by atoms with Gasteiger partial charge in [-0.05, 0) is 42.0 Å². The van der Waals surface area contributed by atoms with Crippen LogP contribution in [0.15, 0.2) is 24.3 Å². The fourth-order valence-electron chi connectivity index (χ4n) is 2.96. The number of methoxy groups -OCH3 is 1. The summed E-state index contributed by atoms with van der Waals surface area (Å²) < 4.78 is 5.09. The Kier molecular flexibility index (Phi) is 4.74. The lowest BCUT2D eigenvalue weighted by Crippen LogP contribution is -2.58. The minimum Gasteiger partial charge on any atom is -0.497 e. The van der Waals surface area contributed by atoms with Gasteiger partial charge in [0.05, 0.1) is 7.11 Å². The summed E-state index contributed by atoms with van der Waals surface area (Å²) in [5, 5.41) is 5.85. The van der Waals surface area contributed by atoms with E-state index < -0.39 is 0 Å². The predicted octanol–water partition coefficient (Wildman–Crippen LogP) is 2.57. The SMILES string of the molecule is COc1ccc(NC(=O)CC2CC(NC(C)=O)C2(C)C)cc1. The number of hydrogen-bond acceptors (Lipinski definition) is 3. The highest BCUT2D eigenvalue weighted by Gasteiger charge is 2.48. The number of carbonyl (C=O) groups excluding carboxylic acids is 2. The molecular weight excluding hydrogens is 280 g/mol. The average molecular weight is 304 g/mol. The van der Waals surface area contributed by atoms with Gasteiger partial charge in [0.1, 0.15) is 5.75 Å². The lowest BCUT2D eigenvalue weighted by molar-refractivity contribution is -0.125. The monoisotopic (exact) mass is 304 g/mol. The van der Waals surface area contributed by atoms with Gasteiger partial charge in [0, 0.05) is 25.1 Å². The summed E-state index contributed by atoms with van der Waals surface area (Å²) >= 11 is 0. The molecule has 1 aliphatic rings. The Morgan fingerprint density at radius 1 is 1.27 bits per heavy atom. The quantitative estimate of drug-likeness (QED) is 0.878. The van der Waals surface area contributed by atoms with Gasteiger partial charge in [-0.3, -0.25) is 9.59 Å². The van der Waals surface area contributed by atoms with Crippen molar-refractivity contribution in [3.8, 4) is 5.75 Å². The fraction of sp³-hybridized carbons (Fsp3) is 0.529. The molecule has 0 heterocycles. The first-order valence-electron chi connectivity index (χ1n) is 7.54. The van der Waals surface area contributed by atoms with Crippen LogP contribution in [0.3, 0.4) is 0 Å². The van der Waals surface area contributed by atoms with Crippen molar-refractivity contribution in [3.63, 3.8) is 0 Å². The van der Waals surface area contributed by atoms with Crippen molar-refractivity contribution in [2.75, 3.05) is 12.4 Å². The Labute approximate surface area is 131 Å². The molecule has 0 bridgehead atoms. The Morgan fingerprint density at radius 3 is 2.41 bits per heavy atom. The third kappa shape index (κ3) is 3.59. The molecule has 5 heteroatoms. The molecule has 1 aromatic rings. The first kappa shape index (κ1) is 16.3. The highest BCUT2D eigenvalue weighted by atomic mass is 16.5. The third-order valence-electron chi connectivity index (χ3n) is 4.65. The van der Waals surface area contributed by atoms with Gasteiger partial charge in [-0.15, -0.1) is 0 Å². The second-order valence-electron chi connectivity index (χ2n) is 6.49. The lowest BCUT2D eigenvalue weighted by atomic mass is 9.57. The molecule has 2 amide bonds. The van der Waals surface area contributed by atoms with E-state index in [4.69, 9.17) is 4.74 Å². The molecule has 1 aromatic carbocycles. The second kappa shape index (κ2) is 6.38. The number of amides is 2. The van der Waals surface area contributed by atoms with Crippen LogP contribution in [0.2, 0.25) is 0 Å². The van der Waals surface area contributed by atoms with Crippen molar-refractivity contribution in [2.24, 2.45) is 11.3 Å². The number of anilines is 1. The van der Waals surface area contributed by atoms with E-state index in [2.05, 4.69) is 24.5 Å². The van der Waals surface area contributed by atoms with Crippen molar-refractivity contribution in [1.29, 1.82) is 0 Å². The smallest absolute Gasteiger partial charge is 0.224 e. The summed E-state index contributed by atoms with van der Waals surface area (Å²) in [4.78, 5) is 23.3. The molecule has 2 unspecified atom stereocenters. The van der Waals surface area contributed by atoms with Crippen molar-refractivity contribution in [2.45, 2.75) is 39.7 Å². The van der Waals surface area contributed by atoms with Crippen LogP contribution in [-0.2, 0) is 9.59 Å². The molecule has 0 radical (unpaired) electrons. The van der Waals surface area contributed by atoms with E-state index in [1.54, 1.807) is 7.11 Å². The van der Waals surface area contributed by atoms with E-state index in [0.29, 0.717) is 6.42 Å². The van der Waals surface area contributed by atoms with E-state index in [1.165, 1.54) is 6.92 Å². The van der Waals surface area contributed by atoms with E-state index in [-0.39, 0.29) is 29.2 Å². The minimum absolute atomic E-state index is 0.00418. The maximum Gasteiger partial charge on any atom is 0.224 e. The molecule has 5 nitrogen and oxygen atoms in total. The summed E-state index contributed by atoms with van der Waals surface area (Å²) in [6.45, 7) is 5.73. The summed E-state index contributed by atoms with van der Waals surface area (Å²) in [5.41, 5.74) is 0.712. The second-order valence-corrected chi connectivity index (χ2v) is 6.49. The molecule has 0 spiro atoms. The number of hydrogen-bond donors (Lipinski definition) is 2. The number of ether oxygens (including phenoxy) is 1. The summed E-state index contributed by atoms with van der Waals surface area (Å²) in [5.74, 6) is 1.03. The predicted molar refractivity (Wildman–Crippen MR) is 85.7 cm³/mol. The number of rotatable bonds is 5. The maximum atomic E-state index is 12.2. The van der Waals surface area contributed by atoms with Gasteiger partial charge in [-0.25, -0.2) is 0 Å². The topological polar surface area (TPSA) is 67.4 Å². The molecule has 2 N–H and O–H groups in total. The zero-order chi connectivity index (χ0) is 16.3. The molecule has 0 aromatic heterocycles. The van der Waals surface area contributed by atoms with E-state index in [9.17, 15) is 9.59 Å². The highest BCUT2D eigenvalue weighted by molar-refractivity contribution is 5.91. The third-order valence-corrected chi connectivity index (χ3v) is 4.65. The molecule has 2 atom stereocenters. The Morgan fingerprint density at radius 2 is 1.91 bits per heavy atom. The van der Waals surface area contributed by atoms with Gasteiger partial charge >= 0.3 is 0 Å². The van der Waals surface area contributed by atoms with Gasteiger partial charge in [-0.1, -0.05) is 13.8 Å². The number of nitrogens with one attached hydrogen (secondary N) is 2. The van der Waals surface area contributed by atoms with E-state index >= 15 is 0 Å². The lowest BCUT2D eigenvalue weighted by Gasteiger charge is -2.52. The Balaban J connectivity index is 1.86. The molecule has 1 fully saturated rings. The zero-order valence-electron chi connectivity index (χ0n) is 13.6. The highest BCUT2D eigenvalue weighted by Crippen LogP contribution is 2.48. The van der Waals surface area contributed by atoms with Crippen molar-refractivity contribution >= 4 is 17.5 Å². The van der Waals surface area contributed by atoms with Gasteiger partial charge in [-0.2, -0.15) is 0 Å². The first-order valence-corrected chi connectivity index (χ1v) is 7.54. The molecule has 0 saturated heterocycles. The van der Waals surface area contributed by atoms with Gasteiger partial charge in [0.15, 0.2) is 0 Å². The molecular formula is C17H24N2O3. The minimum atomic E-state index is -0.0527. The summed E-state index contributed by atoms with van der Waals surface area (Å²) in [7, 11) is 1.61. The molecule has 2 rings (SSSR count). The van der Waals surface area contributed by atoms with Crippen LogP contribution in [0.4, 0.5) is 5.69 Å². The van der Waals surface area contributed by atoms with E-state index in [0.717, 1.165) is 17.9 Å². The van der Waals surface area contributed by atoms with Gasteiger partial charge in [0.2, 0.25) is 11.8 Å². The van der Waals surface area contributed by atoms with E-state index in [1.807, 2.05) is 24.3 Å². The van der Waals surface area contributed by atoms with Crippen LogP contribution in [0.1, 0.15) is 33.6 Å². The largest absolute Gasteiger partial charge is 0.497 e. The molecule has 0 aliphatic heterocycles. The average Bonchev–Trinajstić information content (AvgIpc) is 2.46. The Hall–Kier alpha value is -2.04. The normalized spacial score (nSPS) is 22.4. The van der Waals surface area contributed by atoms with Crippen LogP contribution < -0.4 is 15.4 Å². The standard InChI is InChI=1S/C17H24N2O3/c1-11(20)18-15-9-12(17(15,2)3)10-16(21)19-13-5-7-14(22-4)8-6-13/h5-8,12,15H,9-10H2,1-4H3,(H,18,20)(H,19,21). The van der Waals surface area contributed by atoms with Crippen LogP contribution in [0.25, 0.3) is 0 Å².